The van der Waals surface area contributed by atoms with E-state index in [1.165, 1.54) is 34.6 Å². The van der Waals surface area contributed by atoms with Gasteiger partial charge >= 0.3 is 5.97 Å². The van der Waals surface area contributed by atoms with E-state index in [9.17, 15) is 22.7 Å². The maximum atomic E-state index is 13.9. The summed E-state index contributed by atoms with van der Waals surface area (Å²) in [6.45, 7) is 3.57. The minimum Gasteiger partial charge on any atom is -0.481 e. The van der Waals surface area contributed by atoms with Crippen LogP contribution in [0.25, 0.3) is 0 Å². The molecule has 0 spiro atoms. The third-order valence-electron chi connectivity index (χ3n) is 5.55. The van der Waals surface area contributed by atoms with Crippen LogP contribution in [0.1, 0.15) is 30.4 Å². The van der Waals surface area contributed by atoms with Gasteiger partial charge in [-0.15, -0.1) is 0 Å². The van der Waals surface area contributed by atoms with Gasteiger partial charge in [-0.25, -0.2) is 12.8 Å². The molecule has 0 amide bonds. The van der Waals surface area contributed by atoms with Gasteiger partial charge in [-0.05, 0) is 73.5 Å². The van der Waals surface area contributed by atoms with Crippen molar-refractivity contribution in [3.8, 4) is 0 Å². The van der Waals surface area contributed by atoms with E-state index in [0.29, 0.717) is 16.9 Å². The molecule has 4 rings (SSSR count). The number of aromatic nitrogens is 1. The summed E-state index contributed by atoms with van der Waals surface area (Å²) in [7, 11) is -4.00. The molecular formula is C23H22FN3O4S. The summed E-state index contributed by atoms with van der Waals surface area (Å²) in [5, 5.41) is 12.5. The Hall–Kier alpha value is -3.46. The van der Waals surface area contributed by atoms with Gasteiger partial charge in [0.2, 0.25) is 0 Å². The number of aliphatic carboxylic acids is 1. The number of anilines is 3. The number of aryl methyl sites for hydroxylation is 1. The first-order valence-electron chi connectivity index (χ1n) is 10.0. The van der Waals surface area contributed by atoms with Crippen molar-refractivity contribution in [3.05, 3.63) is 77.9 Å². The predicted molar refractivity (Wildman–Crippen MR) is 119 cm³/mol. The Morgan fingerprint density at radius 1 is 1.12 bits per heavy atom. The van der Waals surface area contributed by atoms with E-state index in [2.05, 4.69) is 10.3 Å². The van der Waals surface area contributed by atoms with E-state index >= 15 is 0 Å². The van der Waals surface area contributed by atoms with Gasteiger partial charge < -0.3 is 10.4 Å². The molecule has 2 N–H and O–H groups in total. The van der Waals surface area contributed by atoms with E-state index < -0.39 is 33.8 Å². The second kappa shape index (κ2) is 8.23. The molecule has 7 nitrogen and oxygen atoms in total. The summed E-state index contributed by atoms with van der Waals surface area (Å²) >= 11 is 0. The Balaban J connectivity index is 1.66. The Morgan fingerprint density at radius 3 is 2.50 bits per heavy atom. The second-order valence-corrected chi connectivity index (χ2v) is 9.66. The molecule has 0 aliphatic carbocycles. The van der Waals surface area contributed by atoms with Crippen LogP contribution in [0.15, 0.2) is 65.8 Å². The third-order valence-corrected chi connectivity index (χ3v) is 7.46. The van der Waals surface area contributed by atoms with Crippen molar-refractivity contribution in [1.29, 1.82) is 0 Å². The topological polar surface area (TPSA) is 99.6 Å². The lowest BCUT2D eigenvalue weighted by atomic mass is 9.93. The lowest BCUT2D eigenvalue weighted by Gasteiger charge is -2.26. The molecule has 2 atom stereocenters. The highest BCUT2D eigenvalue weighted by Gasteiger charge is 2.43. The summed E-state index contributed by atoms with van der Waals surface area (Å²) in [6, 6.07) is 11.3. The number of carboxylic acids is 1. The van der Waals surface area contributed by atoms with Gasteiger partial charge in [-0.2, -0.15) is 0 Å². The maximum absolute atomic E-state index is 13.9. The van der Waals surface area contributed by atoms with E-state index in [-0.39, 0.29) is 11.3 Å². The van der Waals surface area contributed by atoms with Crippen LogP contribution in [0.5, 0.6) is 0 Å². The maximum Gasteiger partial charge on any atom is 0.304 e. The molecule has 0 bridgehead atoms. The molecule has 2 aromatic carbocycles. The Kier molecular flexibility index (Phi) is 5.60. The normalized spacial score (nSPS) is 17.8. The van der Waals surface area contributed by atoms with Crippen molar-refractivity contribution in [2.24, 2.45) is 0 Å². The van der Waals surface area contributed by atoms with E-state index in [0.717, 1.165) is 11.3 Å². The number of benzene rings is 2. The lowest BCUT2D eigenvalue weighted by Crippen LogP contribution is -2.37. The quantitative estimate of drug-likeness (QED) is 0.571. The second-order valence-electron chi connectivity index (χ2n) is 7.85. The number of fused-ring (bicyclic) bond motifs is 1. The highest BCUT2D eigenvalue weighted by atomic mass is 32.2. The molecule has 0 saturated heterocycles. The number of hydrogen-bond donors (Lipinski definition) is 2. The van der Waals surface area contributed by atoms with Gasteiger partial charge in [0.15, 0.2) is 0 Å². The Bertz CT molecular complexity index is 1280. The fourth-order valence-electron chi connectivity index (χ4n) is 4.10. The number of sulfonamides is 1. The van der Waals surface area contributed by atoms with Crippen molar-refractivity contribution < 1.29 is 22.7 Å². The zero-order valence-electron chi connectivity index (χ0n) is 17.5. The number of carbonyl (C=O) groups is 1. The van der Waals surface area contributed by atoms with E-state index in [1.54, 1.807) is 31.5 Å². The zero-order chi connectivity index (χ0) is 23.0. The van der Waals surface area contributed by atoms with Gasteiger partial charge in [0, 0.05) is 17.8 Å². The van der Waals surface area contributed by atoms with Crippen LogP contribution in [-0.2, 0) is 14.8 Å². The van der Waals surface area contributed by atoms with Crippen molar-refractivity contribution in [3.63, 3.8) is 0 Å². The van der Waals surface area contributed by atoms with Crippen LogP contribution in [0.4, 0.5) is 21.5 Å². The van der Waals surface area contributed by atoms with Crippen LogP contribution < -0.4 is 9.62 Å². The SMILES string of the molecule is Cc1cncc(Nc2ccc(S(=O)(=O)N3c4ccc(F)cc4C(CC(=O)O)C3C)cc2)c1. The lowest BCUT2D eigenvalue weighted by molar-refractivity contribution is -0.137. The molecule has 0 fully saturated rings. The summed E-state index contributed by atoms with van der Waals surface area (Å²) in [6.07, 6.45) is 3.11. The van der Waals surface area contributed by atoms with Crippen LogP contribution in [0, 0.1) is 12.7 Å². The molecule has 9 heteroatoms. The summed E-state index contributed by atoms with van der Waals surface area (Å²) in [5.41, 5.74) is 3.15. The van der Waals surface area contributed by atoms with Crippen molar-refractivity contribution in [1.82, 2.24) is 4.98 Å². The molecule has 3 aromatic rings. The van der Waals surface area contributed by atoms with Crippen molar-refractivity contribution >= 4 is 33.1 Å². The number of nitrogens with one attached hydrogen (secondary N) is 1. The van der Waals surface area contributed by atoms with Crippen LogP contribution in [0.3, 0.4) is 0 Å². The van der Waals surface area contributed by atoms with Gasteiger partial charge in [0.05, 0.1) is 34.9 Å². The average Bonchev–Trinajstić information content (AvgIpc) is 2.99. The van der Waals surface area contributed by atoms with Crippen LogP contribution in [0.2, 0.25) is 0 Å². The minimum atomic E-state index is -4.00. The molecule has 2 heterocycles. The molecule has 0 radical (unpaired) electrons. The number of halogens is 1. The first kappa shape index (κ1) is 21.8. The molecule has 1 aromatic heterocycles. The predicted octanol–water partition coefficient (Wildman–Crippen LogP) is 4.43. The standard InChI is InChI=1S/C23H22FN3O4S/c1-14-9-18(13-25-12-14)26-17-4-6-19(7-5-17)32(30,31)27-15(2)20(11-23(28)29)21-10-16(24)3-8-22(21)27/h3-10,12-13,15,20,26H,11H2,1-2H3,(H,28,29). The van der Waals surface area contributed by atoms with Crippen LogP contribution in [-0.4, -0.2) is 30.5 Å². The molecular weight excluding hydrogens is 433 g/mol. The third kappa shape index (κ3) is 4.03. The van der Waals surface area contributed by atoms with Crippen molar-refractivity contribution in [2.45, 2.75) is 37.1 Å². The fourth-order valence-corrected chi connectivity index (χ4v) is 5.81. The summed E-state index contributed by atoms with van der Waals surface area (Å²) in [5.74, 6) is -2.26. The van der Waals surface area contributed by atoms with E-state index in [1.807, 2.05) is 13.0 Å². The molecule has 166 valence electrons. The molecule has 32 heavy (non-hydrogen) atoms. The Morgan fingerprint density at radius 2 is 1.84 bits per heavy atom. The van der Waals surface area contributed by atoms with Crippen LogP contribution >= 0.6 is 0 Å². The van der Waals surface area contributed by atoms with Gasteiger partial charge in [-0.3, -0.25) is 14.1 Å². The highest BCUT2D eigenvalue weighted by molar-refractivity contribution is 7.92. The smallest absolute Gasteiger partial charge is 0.304 e. The monoisotopic (exact) mass is 455 g/mol. The highest BCUT2D eigenvalue weighted by Crippen LogP contribution is 2.45. The van der Waals surface area contributed by atoms with Gasteiger partial charge in [0.25, 0.3) is 10.0 Å². The molecule has 1 aliphatic rings. The number of carboxylic acid groups (broad SMARTS) is 1. The number of hydrogen-bond acceptors (Lipinski definition) is 5. The number of pyridine rings is 1. The fraction of sp³-hybridized carbons (Fsp3) is 0.217. The van der Waals surface area contributed by atoms with Crippen molar-refractivity contribution in [2.75, 3.05) is 9.62 Å². The molecule has 2 unspecified atom stereocenters. The summed E-state index contributed by atoms with van der Waals surface area (Å²) in [4.78, 5) is 15.5. The Labute approximate surface area is 185 Å². The average molecular weight is 456 g/mol. The first-order chi connectivity index (χ1) is 15.2. The molecule has 1 aliphatic heterocycles. The number of rotatable bonds is 6. The first-order valence-corrected chi connectivity index (χ1v) is 11.5. The largest absolute Gasteiger partial charge is 0.481 e. The molecule has 0 saturated carbocycles. The number of nitrogens with zero attached hydrogens (tertiary/aromatic N) is 2. The summed E-state index contributed by atoms with van der Waals surface area (Å²) < 4.78 is 42.0. The minimum absolute atomic E-state index is 0.0588. The van der Waals surface area contributed by atoms with Gasteiger partial charge in [-0.1, -0.05) is 0 Å². The zero-order valence-corrected chi connectivity index (χ0v) is 18.3. The van der Waals surface area contributed by atoms with E-state index in [4.69, 9.17) is 0 Å². The van der Waals surface area contributed by atoms with Gasteiger partial charge in [0.1, 0.15) is 5.82 Å².